The van der Waals surface area contributed by atoms with E-state index in [1.54, 1.807) is 11.7 Å². The quantitative estimate of drug-likeness (QED) is 0.539. The molecule has 6 nitrogen and oxygen atoms in total. The van der Waals surface area contributed by atoms with Crippen LogP contribution in [0, 0.1) is 0 Å². The molecule has 0 bridgehead atoms. The molecule has 0 aliphatic rings. The molecular weight excluding hydrogens is 144 g/mol. The first-order chi connectivity index (χ1) is 5.27. The number of anilines is 1. The molecule has 56 valence electrons. The third kappa shape index (κ3) is 0.794. The van der Waals surface area contributed by atoms with Gasteiger partial charge < -0.3 is 5.73 Å². The van der Waals surface area contributed by atoms with E-state index in [9.17, 15) is 0 Å². The van der Waals surface area contributed by atoms with E-state index in [4.69, 9.17) is 5.73 Å². The van der Waals surface area contributed by atoms with Gasteiger partial charge in [0, 0.05) is 7.05 Å². The molecule has 0 unspecified atom stereocenters. The Morgan fingerprint density at radius 3 is 3.18 bits per heavy atom. The lowest BCUT2D eigenvalue weighted by Crippen LogP contribution is -1.94. The van der Waals surface area contributed by atoms with E-state index < -0.39 is 0 Å². The zero-order valence-corrected chi connectivity index (χ0v) is 5.89. The maximum atomic E-state index is 5.38. The van der Waals surface area contributed by atoms with Crippen LogP contribution < -0.4 is 5.73 Å². The van der Waals surface area contributed by atoms with E-state index in [0.717, 1.165) is 0 Å². The molecular formula is C5H6N6. The third-order valence-electron chi connectivity index (χ3n) is 1.33. The maximum absolute atomic E-state index is 5.38. The fourth-order valence-electron chi connectivity index (χ4n) is 0.833. The molecule has 0 atom stereocenters. The second-order valence-corrected chi connectivity index (χ2v) is 2.16. The summed E-state index contributed by atoms with van der Waals surface area (Å²) in [5, 5.41) is 7.46. The van der Waals surface area contributed by atoms with Gasteiger partial charge in [-0.3, -0.25) is 0 Å². The lowest BCUT2D eigenvalue weighted by molar-refractivity contribution is 0.729. The fourth-order valence-corrected chi connectivity index (χ4v) is 0.833. The lowest BCUT2D eigenvalue weighted by atomic mass is 10.6. The van der Waals surface area contributed by atoms with Gasteiger partial charge in [-0.2, -0.15) is 0 Å². The molecule has 2 aromatic rings. The highest BCUT2D eigenvalue weighted by molar-refractivity contribution is 5.65. The molecule has 0 aromatic carbocycles. The molecule has 0 amide bonds. The molecule has 0 saturated heterocycles. The summed E-state index contributed by atoms with van der Waals surface area (Å²) >= 11 is 0. The summed E-state index contributed by atoms with van der Waals surface area (Å²) in [6, 6.07) is 0. The number of aryl methyl sites for hydroxylation is 1. The maximum Gasteiger partial charge on any atom is 0.223 e. The average Bonchev–Trinajstić information content (AvgIpc) is 2.32. The minimum atomic E-state index is 0.359. The summed E-state index contributed by atoms with van der Waals surface area (Å²) in [7, 11) is 1.75. The predicted molar refractivity (Wildman–Crippen MR) is 38.5 cm³/mol. The second-order valence-electron chi connectivity index (χ2n) is 2.16. The van der Waals surface area contributed by atoms with E-state index in [0.29, 0.717) is 17.1 Å². The fraction of sp³-hybridized carbons (Fsp3) is 0.200. The highest BCUT2D eigenvalue weighted by Crippen LogP contribution is 2.03. The van der Waals surface area contributed by atoms with E-state index in [-0.39, 0.29) is 0 Å². The second kappa shape index (κ2) is 1.88. The smallest absolute Gasteiger partial charge is 0.223 e. The van der Waals surface area contributed by atoms with Gasteiger partial charge in [-0.1, -0.05) is 5.21 Å². The van der Waals surface area contributed by atoms with Crippen molar-refractivity contribution in [3.05, 3.63) is 6.20 Å². The topological polar surface area (TPSA) is 82.5 Å². The van der Waals surface area contributed by atoms with Crippen LogP contribution in [-0.4, -0.2) is 25.0 Å². The normalized spacial score (nSPS) is 10.6. The molecule has 2 rings (SSSR count). The van der Waals surface area contributed by atoms with Crippen molar-refractivity contribution in [2.75, 3.05) is 5.73 Å². The van der Waals surface area contributed by atoms with Gasteiger partial charge in [0.2, 0.25) is 5.65 Å². The number of nitrogens with two attached hydrogens (primary N) is 1. The van der Waals surface area contributed by atoms with Crippen molar-refractivity contribution < 1.29 is 0 Å². The summed E-state index contributed by atoms with van der Waals surface area (Å²) < 4.78 is 1.54. The number of hydrogen-bond acceptors (Lipinski definition) is 5. The molecule has 2 heterocycles. The summed E-state index contributed by atoms with van der Waals surface area (Å²) in [4.78, 5) is 7.91. The Kier molecular flexibility index (Phi) is 1.03. The first-order valence-corrected chi connectivity index (χ1v) is 3.05. The molecule has 0 aliphatic carbocycles. The van der Waals surface area contributed by atoms with Gasteiger partial charge in [0.05, 0.1) is 6.20 Å². The van der Waals surface area contributed by atoms with Crippen LogP contribution in [0.15, 0.2) is 6.20 Å². The van der Waals surface area contributed by atoms with Gasteiger partial charge in [-0.15, -0.1) is 5.10 Å². The number of fused-ring (bicyclic) bond motifs is 1. The Hall–Kier alpha value is -1.72. The molecule has 6 heteroatoms. The third-order valence-corrected chi connectivity index (χ3v) is 1.33. The van der Waals surface area contributed by atoms with Crippen LogP contribution in [0.25, 0.3) is 11.3 Å². The van der Waals surface area contributed by atoms with Gasteiger partial charge in [-0.05, 0) is 0 Å². The first-order valence-electron chi connectivity index (χ1n) is 3.05. The predicted octanol–water partition coefficient (Wildman–Crippen LogP) is -0.660. The summed E-state index contributed by atoms with van der Waals surface area (Å²) in [5.41, 5.74) is 6.50. The Morgan fingerprint density at radius 1 is 1.55 bits per heavy atom. The Balaban J connectivity index is 2.86. The number of nitrogen functional groups attached to an aromatic ring is 1. The number of aromatic nitrogens is 5. The van der Waals surface area contributed by atoms with Gasteiger partial charge in [0.25, 0.3) is 0 Å². The summed E-state index contributed by atoms with van der Waals surface area (Å²) in [5.74, 6) is 0.359. The van der Waals surface area contributed by atoms with Crippen molar-refractivity contribution in [3.63, 3.8) is 0 Å². The zero-order chi connectivity index (χ0) is 7.84. The Morgan fingerprint density at radius 2 is 2.36 bits per heavy atom. The molecule has 0 spiro atoms. The van der Waals surface area contributed by atoms with Gasteiger partial charge in [0.1, 0.15) is 5.82 Å². The van der Waals surface area contributed by atoms with Crippen molar-refractivity contribution in [2.24, 2.45) is 7.05 Å². The summed E-state index contributed by atoms with van der Waals surface area (Å²) in [6.45, 7) is 0. The number of nitrogens with zero attached hydrogens (tertiary/aromatic N) is 5. The van der Waals surface area contributed by atoms with Crippen LogP contribution in [0.3, 0.4) is 0 Å². The molecule has 0 aliphatic heterocycles. The van der Waals surface area contributed by atoms with Crippen LogP contribution >= 0.6 is 0 Å². The summed E-state index contributed by atoms with van der Waals surface area (Å²) in [6.07, 6.45) is 1.48. The van der Waals surface area contributed by atoms with E-state index in [2.05, 4.69) is 20.3 Å². The van der Waals surface area contributed by atoms with Crippen molar-refractivity contribution in [3.8, 4) is 0 Å². The van der Waals surface area contributed by atoms with Crippen LogP contribution in [-0.2, 0) is 7.05 Å². The van der Waals surface area contributed by atoms with Crippen LogP contribution in [0.4, 0.5) is 5.82 Å². The highest BCUT2D eigenvalue weighted by Gasteiger charge is 2.02. The van der Waals surface area contributed by atoms with E-state index in [1.165, 1.54) is 6.20 Å². The van der Waals surface area contributed by atoms with Gasteiger partial charge >= 0.3 is 0 Å². The van der Waals surface area contributed by atoms with Crippen LogP contribution in [0.5, 0.6) is 0 Å². The van der Waals surface area contributed by atoms with Crippen molar-refractivity contribution in [1.82, 2.24) is 25.0 Å². The van der Waals surface area contributed by atoms with Gasteiger partial charge in [0.15, 0.2) is 5.65 Å². The van der Waals surface area contributed by atoms with E-state index >= 15 is 0 Å². The molecule has 0 saturated carbocycles. The SMILES string of the molecule is Cn1nnc2nc(N)cnc21. The Bertz CT molecular complexity index is 391. The monoisotopic (exact) mass is 150 g/mol. The lowest BCUT2D eigenvalue weighted by Gasteiger charge is -1.90. The largest absolute Gasteiger partial charge is 0.382 e. The number of rotatable bonds is 0. The van der Waals surface area contributed by atoms with Crippen molar-refractivity contribution in [1.29, 1.82) is 0 Å². The Labute approximate surface area is 62.1 Å². The molecule has 0 radical (unpaired) electrons. The van der Waals surface area contributed by atoms with Crippen molar-refractivity contribution in [2.45, 2.75) is 0 Å². The zero-order valence-electron chi connectivity index (χ0n) is 5.89. The molecule has 2 aromatic heterocycles. The first kappa shape index (κ1) is 6.02. The average molecular weight is 150 g/mol. The van der Waals surface area contributed by atoms with E-state index in [1.807, 2.05) is 0 Å². The highest BCUT2D eigenvalue weighted by atomic mass is 15.4. The van der Waals surface area contributed by atoms with Crippen LogP contribution in [0.1, 0.15) is 0 Å². The molecule has 11 heavy (non-hydrogen) atoms. The van der Waals surface area contributed by atoms with Crippen molar-refractivity contribution >= 4 is 17.1 Å². The molecule has 2 N–H and O–H groups in total. The minimum Gasteiger partial charge on any atom is -0.382 e. The standard InChI is InChI=1S/C5H6N6/c1-11-5-4(9-10-11)8-3(6)2-7-5/h2H,1H3,(H2,6,8). The number of hydrogen-bond donors (Lipinski definition) is 1. The molecule has 0 fully saturated rings. The van der Waals surface area contributed by atoms with Crippen LogP contribution in [0.2, 0.25) is 0 Å². The minimum absolute atomic E-state index is 0.359. The van der Waals surface area contributed by atoms with Gasteiger partial charge in [-0.25, -0.2) is 14.6 Å².